The Morgan fingerprint density at radius 1 is 0.677 bits per heavy atom. The summed E-state index contributed by atoms with van der Waals surface area (Å²) >= 11 is 0. The van der Waals surface area contributed by atoms with Crippen LogP contribution in [-0.4, -0.2) is 40.5 Å². The van der Waals surface area contributed by atoms with Crippen molar-refractivity contribution in [1.82, 2.24) is 15.0 Å². The third-order valence-corrected chi connectivity index (χ3v) is 2.54. The predicted molar refractivity (Wildman–Crippen MR) is 121 cm³/mol. The zero-order valence-corrected chi connectivity index (χ0v) is 20.1. The molecule has 3 rings (SSSR count). The Morgan fingerprint density at radius 3 is 0.871 bits per heavy atom. The largest absolute Gasteiger partial charge is 0.425 e. The topological polar surface area (TPSA) is 144 Å². The number of nitrogens with zero attached hydrogens (tertiary/aromatic N) is 3. The van der Waals surface area contributed by atoms with Gasteiger partial charge in [-0.25, -0.2) is 0 Å². The van der Waals surface area contributed by atoms with Gasteiger partial charge in [0.05, 0.1) is 0 Å². The molecule has 0 radical (unpaired) electrons. The Labute approximate surface area is 194 Å². The number of halogens is 2. The van der Waals surface area contributed by atoms with E-state index in [2.05, 4.69) is 25.6 Å². The van der Waals surface area contributed by atoms with E-state index in [0.29, 0.717) is 0 Å². The minimum absolute atomic E-state index is 0. The van der Waals surface area contributed by atoms with Crippen LogP contribution in [0, 0.1) is 20.8 Å². The maximum atomic E-state index is 8.95. The van der Waals surface area contributed by atoms with Crippen molar-refractivity contribution >= 4 is 43.0 Å². The summed E-state index contributed by atoms with van der Waals surface area (Å²) in [6, 6.07) is 11.8. The molecule has 0 amide bonds. The van der Waals surface area contributed by atoms with Crippen LogP contribution in [-0.2, 0) is 19.9 Å². The van der Waals surface area contributed by atoms with E-state index in [1.807, 2.05) is 57.2 Å². The zero-order chi connectivity index (χ0) is 23.4. The van der Waals surface area contributed by atoms with Crippen LogP contribution < -0.4 is 0 Å². The monoisotopic (exact) mass is 511 g/mol. The molecule has 0 saturated heterocycles. The maximum Gasteiger partial charge on any atom is 0.425 e. The standard InChI is InChI=1S/3C6H7N.ClHO3S.ClH.O3S/c3*1-6-2-4-7-5-3-6;1-5(2,3)4;;1-4(2)3/h3*2-5H,1H3;(H,2,3,4);1H;. The van der Waals surface area contributed by atoms with E-state index < -0.39 is 19.9 Å². The van der Waals surface area contributed by atoms with E-state index >= 15 is 0 Å². The van der Waals surface area contributed by atoms with Gasteiger partial charge in [0.2, 0.25) is 0 Å². The van der Waals surface area contributed by atoms with Crippen LogP contribution >= 0.6 is 23.1 Å². The van der Waals surface area contributed by atoms with Gasteiger partial charge in [0.1, 0.15) is 0 Å². The van der Waals surface area contributed by atoms with Crippen molar-refractivity contribution in [2.75, 3.05) is 0 Å². The van der Waals surface area contributed by atoms with Gasteiger partial charge in [0, 0.05) is 47.9 Å². The van der Waals surface area contributed by atoms with Crippen molar-refractivity contribution in [3.8, 4) is 0 Å². The number of aryl methyl sites for hydroxylation is 3. The van der Waals surface area contributed by atoms with Crippen molar-refractivity contribution in [2.24, 2.45) is 0 Å². The van der Waals surface area contributed by atoms with Crippen molar-refractivity contribution in [2.45, 2.75) is 20.8 Å². The second-order valence-electron chi connectivity index (χ2n) is 5.19. The van der Waals surface area contributed by atoms with Crippen LogP contribution in [0.4, 0.5) is 0 Å². The molecule has 3 aromatic rings. The van der Waals surface area contributed by atoms with Gasteiger partial charge < -0.3 is 0 Å². The third kappa shape index (κ3) is 38.7. The molecule has 3 heterocycles. The smallest absolute Gasteiger partial charge is 0.273 e. The average Bonchev–Trinajstić information content (AvgIpc) is 2.63. The number of rotatable bonds is 0. The van der Waals surface area contributed by atoms with Crippen LogP contribution in [0.15, 0.2) is 73.6 Å². The van der Waals surface area contributed by atoms with Gasteiger partial charge in [-0.1, -0.05) is 0 Å². The van der Waals surface area contributed by atoms with E-state index in [9.17, 15) is 0 Å². The second kappa shape index (κ2) is 20.8. The molecule has 0 atom stereocenters. The summed E-state index contributed by atoms with van der Waals surface area (Å²) in [4.78, 5) is 11.5. The SMILES string of the molecule is Cc1ccncc1.Cc1ccncc1.Cc1ccncc1.Cl.O=S(=O)(O)Cl.O=S(=O)=O. The molecule has 9 nitrogen and oxygen atoms in total. The molecular formula is C18H23Cl2N3O6S2. The highest BCUT2D eigenvalue weighted by Gasteiger charge is 1.86. The third-order valence-electron chi connectivity index (χ3n) is 2.54. The van der Waals surface area contributed by atoms with E-state index in [1.165, 1.54) is 16.7 Å². The van der Waals surface area contributed by atoms with Crippen LogP contribution in [0.3, 0.4) is 0 Å². The molecule has 0 aliphatic rings. The fourth-order valence-electron chi connectivity index (χ4n) is 1.28. The summed E-state index contributed by atoms with van der Waals surface area (Å²) in [7, 11) is -3.25. The fraction of sp³-hybridized carbons (Fsp3) is 0.167. The van der Waals surface area contributed by atoms with Crippen molar-refractivity contribution in [3.63, 3.8) is 0 Å². The van der Waals surface area contributed by atoms with Gasteiger partial charge in [-0.15, -0.1) is 25.0 Å². The van der Waals surface area contributed by atoms with Crippen molar-refractivity contribution in [1.29, 1.82) is 0 Å². The Balaban J connectivity index is -0.000000319. The van der Waals surface area contributed by atoms with Gasteiger partial charge in [0.15, 0.2) is 0 Å². The van der Waals surface area contributed by atoms with E-state index in [0.717, 1.165) is 0 Å². The van der Waals surface area contributed by atoms with Crippen LogP contribution in [0.2, 0.25) is 0 Å². The Kier molecular flexibility index (Phi) is 22.3. The molecule has 0 aliphatic carbocycles. The first-order valence-corrected chi connectivity index (χ1v) is 11.2. The zero-order valence-electron chi connectivity index (χ0n) is 16.9. The molecular weight excluding hydrogens is 489 g/mol. The van der Waals surface area contributed by atoms with Gasteiger partial charge in [-0.3, -0.25) is 19.5 Å². The van der Waals surface area contributed by atoms with Crippen LogP contribution in [0.5, 0.6) is 0 Å². The lowest BCUT2D eigenvalue weighted by molar-refractivity contribution is 0.501. The summed E-state index contributed by atoms with van der Waals surface area (Å²) in [6.07, 6.45) is 10.7. The molecule has 0 aliphatic heterocycles. The summed E-state index contributed by atoms with van der Waals surface area (Å²) in [5, 5.41) is 0. The highest BCUT2D eigenvalue weighted by Crippen LogP contribution is 1.90. The van der Waals surface area contributed by atoms with Gasteiger partial charge in [-0.2, -0.15) is 8.42 Å². The molecule has 172 valence electrons. The summed E-state index contributed by atoms with van der Waals surface area (Å²) in [6.45, 7) is 6.13. The summed E-state index contributed by atoms with van der Waals surface area (Å²) in [5.41, 5.74) is 3.78. The minimum atomic E-state index is -4.19. The fourth-order valence-corrected chi connectivity index (χ4v) is 1.28. The lowest BCUT2D eigenvalue weighted by Crippen LogP contribution is -1.77. The normalized spacial score (nSPS) is 8.55. The second-order valence-corrected chi connectivity index (χ2v) is 7.59. The highest BCUT2D eigenvalue weighted by atomic mass is 35.7. The van der Waals surface area contributed by atoms with E-state index in [4.69, 9.17) is 25.6 Å². The molecule has 13 heteroatoms. The lowest BCUT2D eigenvalue weighted by Gasteiger charge is -1.82. The number of hydrogen-bond donors (Lipinski definition) is 1. The summed E-state index contributed by atoms with van der Waals surface area (Å²) in [5.74, 6) is 0. The lowest BCUT2D eigenvalue weighted by atomic mass is 10.3. The molecule has 0 bridgehead atoms. The predicted octanol–water partition coefficient (Wildman–Crippen LogP) is 3.62. The molecule has 0 spiro atoms. The molecule has 0 unspecified atom stereocenters. The molecule has 31 heavy (non-hydrogen) atoms. The van der Waals surface area contributed by atoms with Gasteiger partial charge in [-0.05, 0) is 73.9 Å². The Bertz CT molecular complexity index is 907. The van der Waals surface area contributed by atoms with E-state index in [1.54, 1.807) is 37.2 Å². The first kappa shape index (κ1) is 33.2. The number of hydrogen-bond acceptors (Lipinski definition) is 8. The molecule has 0 saturated carbocycles. The average molecular weight is 512 g/mol. The maximum absolute atomic E-state index is 8.95. The Hall–Kier alpha value is -2.44. The number of aromatic nitrogens is 3. The Morgan fingerprint density at radius 2 is 0.806 bits per heavy atom. The summed E-state index contributed by atoms with van der Waals surface area (Å²) < 4.78 is 50.5. The first-order valence-electron chi connectivity index (χ1n) is 7.95. The van der Waals surface area contributed by atoms with Gasteiger partial charge in [0.25, 0.3) is 0 Å². The minimum Gasteiger partial charge on any atom is -0.273 e. The quantitative estimate of drug-likeness (QED) is 0.353. The van der Waals surface area contributed by atoms with Crippen molar-refractivity contribution in [3.05, 3.63) is 90.3 Å². The van der Waals surface area contributed by atoms with Crippen LogP contribution in [0.1, 0.15) is 16.7 Å². The highest BCUT2D eigenvalue weighted by molar-refractivity contribution is 8.09. The molecule has 1 N–H and O–H groups in total. The van der Waals surface area contributed by atoms with Crippen LogP contribution in [0.25, 0.3) is 0 Å². The first-order chi connectivity index (χ1) is 13.9. The molecule has 3 aromatic heterocycles. The number of pyridine rings is 3. The van der Waals surface area contributed by atoms with Gasteiger partial charge >= 0.3 is 19.9 Å². The molecule has 0 aromatic carbocycles. The van der Waals surface area contributed by atoms with E-state index in [-0.39, 0.29) is 12.4 Å². The van der Waals surface area contributed by atoms with Crippen molar-refractivity contribution < 1.29 is 25.6 Å². The molecule has 0 fully saturated rings.